The van der Waals surface area contributed by atoms with Gasteiger partial charge in [0.2, 0.25) is 21.8 Å². The van der Waals surface area contributed by atoms with Gasteiger partial charge in [-0.1, -0.05) is 49.6 Å². The Kier molecular flexibility index (Phi) is 9.91. The van der Waals surface area contributed by atoms with Crippen LogP contribution in [0.25, 0.3) is 0 Å². The fourth-order valence-electron chi connectivity index (χ4n) is 4.50. The molecule has 2 amide bonds. The number of hydrogen-bond acceptors (Lipinski definition) is 5. The van der Waals surface area contributed by atoms with Gasteiger partial charge in [-0.25, -0.2) is 12.8 Å². The van der Waals surface area contributed by atoms with Crippen molar-refractivity contribution in [3.8, 4) is 5.75 Å². The van der Waals surface area contributed by atoms with Gasteiger partial charge in [0.1, 0.15) is 24.2 Å². The average molecular weight is 534 g/mol. The molecule has 0 aliphatic heterocycles. The smallest absolute Gasteiger partial charge is 0.244 e. The number of halogens is 1. The molecule has 37 heavy (non-hydrogen) atoms. The Morgan fingerprint density at radius 3 is 2.38 bits per heavy atom. The summed E-state index contributed by atoms with van der Waals surface area (Å²) in [6.07, 6.45) is 5.93. The summed E-state index contributed by atoms with van der Waals surface area (Å²) in [6, 6.07) is 11.6. The molecule has 0 heterocycles. The number of anilines is 1. The van der Waals surface area contributed by atoms with Crippen LogP contribution in [-0.2, 0) is 26.2 Å². The van der Waals surface area contributed by atoms with E-state index in [0.717, 1.165) is 42.7 Å². The Balaban J connectivity index is 1.91. The third-order valence-corrected chi connectivity index (χ3v) is 7.66. The first-order valence-corrected chi connectivity index (χ1v) is 14.5. The molecule has 8 nitrogen and oxygen atoms in total. The topological polar surface area (TPSA) is 96.0 Å². The van der Waals surface area contributed by atoms with Crippen molar-refractivity contribution in [2.75, 3.05) is 23.7 Å². The minimum atomic E-state index is -3.91. The molecule has 1 fully saturated rings. The molecule has 1 atom stereocenters. The molecule has 0 saturated heterocycles. The molecule has 2 aromatic carbocycles. The Hall–Kier alpha value is -3.14. The maximum atomic E-state index is 14.5. The molecule has 0 radical (unpaired) electrons. The molecular weight excluding hydrogens is 497 g/mol. The van der Waals surface area contributed by atoms with E-state index in [1.54, 1.807) is 56.3 Å². The summed E-state index contributed by atoms with van der Waals surface area (Å²) in [5.41, 5.74) is 0.444. The summed E-state index contributed by atoms with van der Waals surface area (Å²) in [5, 5.41) is 3.02. The lowest BCUT2D eigenvalue weighted by Crippen LogP contribution is -2.53. The maximum Gasteiger partial charge on any atom is 0.244 e. The fraction of sp³-hybridized carbons (Fsp3) is 0.481. The van der Waals surface area contributed by atoms with Crippen LogP contribution in [0.4, 0.5) is 10.1 Å². The van der Waals surface area contributed by atoms with Crippen LogP contribution < -0.4 is 14.4 Å². The molecule has 1 aliphatic carbocycles. The second kappa shape index (κ2) is 12.9. The van der Waals surface area contributed by atoms with Crippen molar-refractivity contribution >= 4 is 27.5 Å². The molecule has 2 aromatic rings. The van der Waals surface area contributed by atoms with Crippen LogP contribution >= 0.6 is 0 Å². The SMILES string of the molecule is CCOc1ccccc1N(CC(=O)N(Cc1ccccc1F)[C@H](C)C(=O)NC1CCCCC1)S(C)(=O)=O. The number of amides is 2. The number of rotatable bonds is 11. The van der Waals surface area contributed by atoms with E-state index in [4.69, 9.17) is 4.74 Å². The van der Waals surface area contributed by atoms with Crippen molar-refractivity contribution < 1.29 is 27.1 Å². The molecule has 1 aliphatic rings. The molecule has 1 N–H and O–H groups in total. The van der Waals surface area contributed by atoms with Gasteiger partial charge in [0.25, 0.3) is 0 Å². The first-order chi connectivity index (χ1) is 17.6. The van der Waals surface area contributed by atoms with Crippen LogP contribution in [-0.4, -0.2) is 56.6 Å². The zero-order valence-electron chi connectivity index (χ0n) is 21.7. The standard InChI is InChI=1S/C27H36FN3O5S/c1-4-36-25-17-11-10-16-24(25)31(37(3,34)35)19-26(32)30(18-21-12-8-9-15-23(21)28)20(2)27(33)29-22-13-6-5-7-14-22/h8-12,15-17,20,22H,4-7,13-14,18-19H2,1-3H3,(H,29,33)/t20-/m1/s1. The molecule has 10 heteroatoms. The molecule has 202 valence electrons. The predicted octanol–water partition coefficient (Wildman–Crippen LogP) is 3.86. The lowest BCUT2D eigenvalue weighted by atomic mass is 9.95. The van der Waals surface area contributed by atoms with E-state index >= 15 is 0 Å². The van der Waals surface area contributed by atoms with Gasteiger partial charge < -0.3 is 15.0 Å². The molecular formula is C27H36FN3O5S. The van der Waals surface area contributed by atoms with Gasteiger partial charge in [0.15, 0.2) is 0 Å². The van der Waals surface area contributed by atoms with Crippen molar-refractivity contribution in [3.63, 3.8) is 0 Å². The van der Waals surface area contributed by atoms with Gasteiger partial charge in [0, 0.05) is 18.2 Å². The third kappa shape index (κ3) is 7.67. The quantitative estimate of drug-likeness (QED) is 0.473. The summed E-state index contributed by atoms with van der Waals surface area (Å²) in [6.45, 7) is 2.90. The molecule has 0 aromatic heterocycles. The summed E-state index contributed by atoms with van der Waals surface area (Å²) in [4.78, 5) is 28.1. The van der Waals surface area contributed by atoms with E-state index in [9.17, 15) is 22.4 Å². The lowest BCUT2D eigenvalue weighted by Gasteiger charge is -2.33. The normalized spacial score (nSPS) is 15.0. The highest BCUT2D eigenvalue weighted by Crippen LogP contribution is 2.30. The highest BCUT2D eigenvalue weighted by atomic mass is 32.2. The number of hydrogen-bond donors (Lipinski definition) is 1. The Morgan fingerprint density at radius 1 is 1.08 bits per heavy atom. The second-order valence-corrected chi connectivity index (χ2v) is 11.2. The average Bonchev–Trinajstić information content (AvgIpc) is 2.87. The molecule has 0 spiro atoms. The van der Waals surface area contributed by atoms with E-state index in [1.807, 2.05) is 0 Å². The Labute approximate surface area is 218 Å². The zero-order valence-corrected chi connectivity index (χ0v) is 22.5. The van der Waals surface area contributed by atoms with Gasteiger partial charge >= 0.3 is 0 Å². The number of nitrogens with zero attached hydrogens (tertiary/aromatic N) is 2. The lowest BCUT2D eigenvalue weighted by molar-refractivity contribution is -0.139. The first kappa shape index (κ1) is 28.4. The number of benzene rings is 2. The monoisotopic (exact) mass is 533 g/mol. The van der Waals surface area contributed by atoms with E-state index in [-0.39, 0.29) is 29.7 Å². The molecule has 3 rings (SSSR count). The highest BCUT2D eigenvalue weighted by molar-refractivity contribution is 7.92. The number of carbonyl (C=O) groups is 2. The number of para-hydroxylation sites is 2. The second-order valence-electron chi connectivity index (χ2n) is 9.30. The van der Waals surface area contributed by atoms with E-state index in [2.05, 4.69) is 5.32 Å². The first-order valence-electron chi connectivity index (χ1n) is 12.6. The third-order valence-electron chi connectivity index (χ3n) is 6.53. The van der Waals surface area contributed by atoms with Crippen molar-refractivity contribution in [1.82, 2.24) is 10.2 Å². The minimum absolute atomic E-state index is 0.0275. The van der Waals surface area contributed by atoms with Crippen molar-refractivity contribution in [2.45, 2.75) is 64.6 Å². The largest absolute Gasteiger partial charge is 0.492 e. The van der Waals surface area contributed by atoms with Gasteiger partial charge in [-0.15, -0.1) is 0 Å². The molecule has 0 unspecified atom stereocenters. The van der Waals surface area contributed by atoms with Crippen molar-refractivity contribution in [3.05, 3.63) is 59.9 Å². The van der Waals surface area contributed by atoms with Crippen LogP contribution in [0.15, 0.2) is 48.5 Å². The highest BCUT2D eigenvalue weighted by Gasteiger charge is 2.32. The maximum absolute atomic E-state index is 14.5. The van der Waals surface area contributed by atoms with Gasteiger partial charge in [-0.2, -0.15) is 0 Å². The van der Waals surface area contributed by atoms with Crippen LogP contribution in [0.3, 0.4) is 0 Å². The van der Waals surface area contributed by atoms with Crippen molar-refractivity contribution in [1.29, 1.82) is 0 Å². The van der Waals surface area contributed by atoms with Crippen LogP contribution in [0.2, 0.25) is 0 Å². The number of sulfonamides is 1. The molecule has 1 saturated carbocycles. The number of ether oxygens (including phenoxy) is 1. The summed E-state index contributed by atoms with van der Waals surface area (Å²) < 4.78 is 46.7. The van der Waals surface area contributed by atoms with Crippen LogP contribution in [0, 0.1) is 5.82 Å². The number of carbonyl (C=O) groups excluding carboxylic acids is 2. The van der Waals surface area contributed by atoms with Gasteiger partial charge in [-0.05, 0) is 44.9 Å². The predicted molar refractivity (Wildman–Crippen MR) is 141 cm³/mol. The van der Waals surface area contributed by atoms with E-state index in [1.165, 1.54) is 11.0 Å². The Bertz CT molecular complexity index is 1180. The van der Waals surface area contributed by atoms with Crippen LogP contribution in [0.5, 0.6) is 5.75 Å². The van der Waals surface area contributed by atoms with Crippen molar-refractivity contribution in [2.24, 2.45) is 0 Å². The number of nitrogens with one attached hydrogen (secondary N) is 1. The van der Waals surface area contributed by atoms with E-state index in [0.29, 0.717) is 12.4 Å². The van der Waals surface area contributed by atoms with Crippen LogP contribution in [0.1, 0.15) is 51.5 Å². The molecule has 0 bridgehead atoms. The van der Waals surface area contributed by atoms with Gasteiger partial charge in [-0.3, -0.25) is 13.9 Å². The Morgan fingerprint density at radius 2 is 1.73 bits per heavy atom. The minimum Gasteiger partial charge on any atom is -0.492 e. The zero-order chi connectivity index (χ0) is 27.0. The summed E-state index contributed by atoms with van der Waals surface area (Å²) >= 11 is 0. The fourth-order valence-corrected chi connectivity index (χ4v) is 5.35. The van der Waals surface area contributed by atoms with Gasteiger partial charge in [0.05, 0.1) is 18.6 Å². The summed E-state index contributed by atoms with van der Waals surface area (Å²) in [5.74, 6) is -1.18. The summed E-state index contributed by atoms with van der Waals surface area (Å²) in [7, 11) is -3.91. The van der Waals surface area contributed by atoms with E-state index < -0.39 is 34.3 Å².